The molecule has 1 atom stereocenters. The second-order valence-corrected chi connectivity index (χ2v) is 5.30. The Morgan fingerprint density at radius 3 is 2.68 bits per heavy atom. The molecule has 112 valence electrons. The molecule has 0 aliphatic carbocycles. The van der Waals surface area contributed by atoms with Gasteiger partial charge in [0.25, 0.3) is 0 Å². The summed E-state index contributed by atoms with van der Waals surface area (Å²) >= 11 is 0. The molecule has 19 heavy (non-hydrogen) atoms. The zero-order valence-electron chi connectivity index (χ0n) is 11.6. The van der Waals surface area contributed by atoms with Crippen molar-refractivity contribution in [2.75, 3.05) is 32.9 Å². The van der Waals surface area contributed by atoms with Gasteiger partial charge in [-0.2, -0.15) is 0 Å². The third-order valence-corrected chi connectivity index (χ3v) is 3.88. The van der Waals surface area contributed by atoms with Crippen LogP contribution in [0, 0.1) is 0 Å². The molecule has 1 spiro atoms. The lowest BCUT2D eigenvalue weighted by molar-refractivity contribution is -0.168. The molecule has 2 aliphatic rings. The van der Waals surface area contributed by atoms with Crippen LogP contribution in [0.5, 0.6) is 0 Å². The molecule has 5 nitrogen and oxygen atoms in total. The first-order valence-electron chi connectivity index (χ1n) is 6.93. The van der Waals surface area contributed by atoms with Crippen LogP contribution in [-0.4, -0.2) is 55.4 Å². The molecule has 2 rings (SSSR count). The first-order chi connectivity index (χ1) is 8.67. The number of amides is 1. The fourth-order valence-electron chi connectivity index (χ4n) is 2.75. The van der Waals surface area contributed by atoms with E-state index in [4.69, 9.17) is 15.2 Å². The summed E-state index contributed by atoms with van der Waals surface area (Å²) in [5.74, 6) is 0.0750. The second-order valence-electron chi connectivity index (χ2n) is 5.30. The molecule has 2 fully saturated rings. The van der Waals surface area contributed by atoms with E-state index in [2.05, 4.69) is 0 Å². The van der Waals surface area contributed by atoms with Crippen LogP contribution in [0.25, 0.3) is 0 Å². The molecule has 0 bridgehead atoms. The standard InChI is InChI=1S/C13H24N2O3.ClH/c1-2-3-11(14)12(16)15-6-9-18-13(10-15)4-7-17-8-5-13;/h11H,2-10,14H2,1H3;1H. The summed E-state index contributed by atoms with van der Waals surface area (Å²) in [5.41, 5.74) is 5.74. The Labute approximate surface area is 121 Å². The SMILES string of the molecule is CCCC(N)C(=O)N1CCOC2(CCOCC2)C1.Cl. The van der Waals surface area contributed by atoms with Crippen molar-refractivity contribution in [3.8, 4) is 0 Å². The quantitative estimate of drug-likeness (QED) is 0.841. The third-order valence-electron chi connectivity index (χ3n) is 3.88. The second kappa shape index (κ2) is 7.43. The van der Waals surface area contributed by atoms with E-state index in [-0.39, 0.29) is 30.0 Å². The molecule has 2 heterocycles. The van der Waals surface area contributed by atoms with Gasteiger partial charge in [-0.1, -0.05) is 13.3 Å². The van der Waals surface area contributed by atoms with Gasteiger partial charge in [0.1, 0.15) is 0 Å². The van der Waals surface area contributed by atoms with Crippen molar-refractivity contribution in [2.24, 2.45) is 5.73 Å². The average molecular weight is 293 g/mol. The Hall–Kier alpha value is -0.360. The molecule has 2 N–H and O–H groups in total. The van der Waals surface area contributed by atoms with Gasteiger partial charge >= 0.3 is 0 Å². The number of rotatable bonds is 3. The highest BCUT2D eigenvalue weighted by atomic mass is 35.5. The van der Waals surface area contributed by atoms with Gasteiger partial charge in [-0.05, 0) is 6.42 Å². The molecule has 6 heteroatoms. The molecule has 1 unspecified atom stereocenters. The maximum Gasteiger partial charge on any atom is 0.239 e. The molecule has 0 aromatic carbocycles. The first-order valence-corrected chi connectivity index (χ1v) is 6.93. The first kappa shape index (κ1) is 16.7. The van der Waals surface area contributed by atoms with E-state index in [9.17, 15) is 4.79 Å². The molecule has 0 saturated carbocycles. The summed E-state index contributed by atoms with van der Waals surface area (Å²) in [7, 11) is 0. The lowest BCUT2D eigenvalue weighted by Gasteiger charge is -2.45. The van der Waals surface area contributed by atoms with Crippen LogP contribution in [0.1, 0.15) is 32.6 Å². The molecule has 2 aliphatic heterocycles. The monoisotopic (exact) mass is 292 g/mol. The molecular weight excluding hydrogens is 268 g/mol. The largest absolute Gasteiger partial charge is 0.381 e. The van der Waals surface area contributed by atoms with Crippen LogP contribution in [0.3, 0.4) is 0 Å². The summed E-state index contributed by atoms with van der Waals surface area (Å²) in [6, 6.07) is -0.356. The smallest absolute Gasteiger partial charge is 0.239 e. The number of ether oxygens (including phenoxy) is 2. The fourth-order valence-corrected chi connectivity index (χ4v) is 2.75. The van der Waals surface area contributed by atoms with E-state index in [0.29, 0.717) is 19.7 Å². The van der Waals surface area contributed by atoms with Gasteiger partial charge in [0.15, 0.2) is 0 Å². The number of nitrogens with two attached hydrogens (primary N) is 1. The highest BCUT2D eigenvalue weighted by Gasteiger charge is 2.40. The Bertz CT molecular complexity index is 290. The summed E-state index contributed by atoms with van der Waals surface area (Å²) in [5, 5.41) is 0. The number of nitrogens with zero attached hydrogens (tertiary/aromatic N) is 1. The minimum absolute atomic E-state index is 0. The van der Waals surface area contributed by atoms with Gasteiger partial charge in [-0.25, -0.2) is 0 Å². The van der Waals surface area contributed by atoms with Gasteiger partial charge < -0.3 is 20.1 Å². The van der Waals surface area contributed by atoms with Crippen molar-refractivity contribution in [1.82, 2.24) is 4.90 Å². The highest BCUT2D eigenvalue weighted by molar-refractivity contribution is 5.85. The predicted octanol–water partition coefficient (Wildman–Crippen LogP) is 0.944. The van der Waals surface area contributed by atoms with Crippen LogP contribution in [0.2, 0.25) is 0 Å². The number of hydrogen-bond acceptors (Lipinski definition) is 4. The van der Waals surface area contributed by atoms with Crippen molar-refractivity contribution in [3.63, 3.8) is 0 Å². The molecule has 1 amide bonds. The normalized spacial score (nSPS) is 23.8. The number of hydrogen-bond donors (Lipinski definition) is 1. The summed E-state index contributed by atoms with van der Waals surface area (Å²) in [4.78, 5) is 14.1. The minimum atomic E-state index is -0.356. The Morgan fingerprint density at radius 2 is 2.05 bits per heavy atom. The lowest BCUT2D eigenvalue weighted by Crippen LogP contribution is -2.58. The average Bonchev–Trinajstić information content (AvgIpc) is 2.39. The van der Waals surface area contributed by atoms with E-state index in [1.165, 1.54) is 0 Å². The number of morpholine rings is 1. The molecular formula is C13H25ClN2O3. The fraction of sp³-hybridized carbons (Fsp3) is 0.923. The van der Waals surface area contributed by atoms with Crippen molar-refractivity contribution < 1.29 is 14.3 Å². The van der Waals surface area contributed by atoms with Crippen molar-refractivity contribution in [2.45, 2.75) is 44.2 Å². The number of halogens is 1. The van der Waals surface area contributed by atoms with Gasteiger partial charge in [0.05, 0.1) is 18.2 Å². The van der Waals surface area contributed by atoms with E-state index in [0.717, 1.165) is 38.9 Å². The maximum absolute atomic E-state index is 12.2. The van der Waals surface area contributed by atoms with Crippen molar-refractivity contribution in [3.05, 3.63) is 0 Å². The molecule has 0 radical (unpaired) electrons. The van der Waals surface area contributed by atoms with E-state index < -0.39 is 0 Å². The van der Waals surface area contributed by atoms with Gasteiger partial charge in [0.2, 0.25) is 5.91 Å². The molecule has 0 aromatic heterocycles. The summed E-state index contributed by atoms with van der Waals surface area (Å²) in [6.45, 7) is 5.45. The van der Waals surface area contributed by atoms with E-state index in [1.54, 1.807) is 0 Å². The number of carbonyl (C=O) groups excluding carboxylic acids is 1. The summed E-state index contributed by atoms with van der Waals surface area (Å²) < 4.78 is 11.3. The van der Waals surface area contributed by atoms with E-state index >= 15 is 0 Å². The van der Waals surface area contributed by atoms with Crippen LogP contribution >= 0.6 is 12.4 Å². The Balaban J connectivity index is 0.00000180. The zero-order chi connectivity index (χ0) is 13.0. The van der Waals surface area contributed by atoms with Crippen molar-refractivity contribution >= 4 is 18.3 Å². The van der Waals surface area contributed by atoms with Crippen molar-refractivity contribution in [1.29, 1.82) is 0 Å². The van der Waals surface area contributed by atoms with Crippen LogP contribution in [0.15, 0.2) is 0 Å². The topological polar surface area (TPSA) is 64.8 Å². The van der Waals surface area contributed by atoms with Gasteiger partial charge in [0, 0.05) is 39.1 Å². The van der Waals surface area contributed by atoms with Gasteiger partial charge in [-0.3, -0.25) is 4.79 Å². The summed E-state index contributed by atoms with van der Waals surface area (Å²) in [6.07, 6.45) is 3.45. The Morgan fingerprint density at radius 1 is 1.37 bits per heavy atom. The molecule has 2 saturated heterocycles. The third kappa shape index (κ3) is 4.05. The van der Waals surface area contributed by atoms with E-state index in [1.807, 2.05) is 11.8 Å². The van der Waals surface area contributed by atoms with Crippen LogP contribution < -0.4 is 5.73 Å². The molecule has 0 aromatic rings. The van der Waals surface area contributed by atoms with Crippen LogP contribution in [-0.2, 0) is 14.3 Å². The zero-order valence-corrected chi connectivity index (χ0v) is 12.4. The van der Waals surface area contributed by atoms with Crippen LogP contribution in [0.4, 0.5) is 0 Å². The highest BCUT2D eigenvalue weighted by Crippen LogP contribution is 2.29. The Kier molecular flexibility index (Phi) is 6.53. The van der Waals surface area contributed by atoms with Gasteiger partial charge in [-0.15, -0.1) is 12.4 Å². The minimum Gasteiger partial charge on any atom is -0.381 e. The maximum atomic E-state index is 12.2. The number of carbonyl (C=O) groups is 1. The lowest BCUT2D eigenvalue weighted by atomic mass is 9.91. The predicted molar refractivity (Wildman–Crippen MR) is 75.4 cm³/mol.